The summed E-state index contributed by atoms with van der Waals surface area (Å²) in [4.78, 5) is 10.4. The van der Waals surface area contributed by atoms with E-state index in [1.54, 1.807) is 0 Å². The number of aromatic nitrogens is 2. The van der Waals surface area contributed by atoms with Crippen LogP contribution in [0.3, 0.4) is 0 Å². The molecule has 1 aliphatic heterocycles. The Morgan fingerprint density at radius 3 is 2.71 bits per heavy atom. The van der Waals surface area contributed by atoms with Gasteiger partial charge in [-0.3, -0.25) is 0 Å². The lowest BCUT2D eigenvalue weighted by Crippen LogP contribution is -2.36. The zero-order chi connectivity index (χ0) is 14.1. The smallest absolute Gasteiger partial charge is 0.138 e. The van der Waals surface area contributed by atoms with E-state index in [2.05, 4.69) is 45.2 Å². The van der Waals surface area contributed by atoms with E-state index in [0.29, 0.717) is 0 Å². The summed E-state index contributed by atoms with van der Waals surface area (Å²) in [5.74, 6) is 0.923. The molecule has 1 fully saturated rings. The molecule has 21 heavy (non-hydrogen) atoms. The number of rotatable bonds is 2. The van der Waals surface area contributed by atoms with Crippen LogP contribution in [0, 0.1) is 0 Å². The molecule has 0 saturated carbocycles. The van der Waals surface area contributed by atoms with Crippen molar-refractivity contribution in [3.63, 3.8) is 0 Å². The van der Waals surface area contributed by atoms with Gasteiger partial charge in [0.05, 0.1) is 24.2 Å². The van der Waals surface area contributed by atoms with Gasteiger partial charge in [0.2, 0.25) is 0 Å². The average molecular weight is 279 g/mol. The van der Waals surface area contributed by atoms with Crippen molar-refractivity contribution < 1.29 is 4.74 Å². The van der Waals surface area contributed by atoms with Gasteiger partial charge in [0.15, 0.2) is 0 Å². The molecule has 0 bridgehead atoms. The lowest BCUT2D eigenvalue weighted by atomic mass is 10.1. The van der Waals surface area contributed by atoms with Gasteiger partial charge >= 0.3 is 0 Å². The Morgan fingerprint density at radius 1 is 1.00 bits per heavy atom. The molecule has 4 nitrogen and oxygen atoms in total. The van der Waals surface area contributed by atoms with E-state index >= 15 is 0 Å². The molecule has 1 saturated heterocycles. The number of aromatic amines is 1. The Bertz CT molecular complexity index is 726. The molecule has 3 aromatic rings. The quantitative estimate of drug-likeness (QED) is 0.784. The molecule has 1 aromatic heterocycles. The van der Waals surface area contributed by atoms with Gasteiger partial charge in [-0.05, 0) is 24.3 Å². The third-order valence-electron chi connectivity index (χ3n) is 3.89. The number of nitrogens with zero attached hydrogens (tertiary/aromatic N) is 2. The molecule has 106 valence electrons. The van der Waals surface area contributed by atoms with Crippen molar-refractivity contribution in [2.45, 2.75) is 0 Å². The van der Waals surface area contributed by atoms with Gasteiger partial charge in [0.1, 0.15) is 5.82 Å². The summed E-state index contributed by atoms with van der Waals surface area (Å²) >= 11 is 0. The minimum absolute atomic E-state index is 0.800. The Kier molecular flexibility index (Phi) is 3.09. The van der Waals surface area contributed by atoms with Crippen LogP contribution in [0.1, 0.15) is 0 Å². The fourth-order valence-corrected chi connectivity index (χ4v) is 2.76. The predicted molar refractivity (Wildman–Crippen MR) is 84.6 cm³/mol. The van der Waals surface area contributed by atoms with Crippen molar-refractivity contribution in [1.29, 1.82) is 0 Å². The van der Waals surface area contributed by atoms with Gasteiger partial charge < -0.3 is 14.6 Å². The highest BCUT2D eigenvalue weighted by Gasteiger charge is 2.12. The zero-order valence-corrected chi connectivity index (χ0v) is 11.7. The van der Waals surface area contributed by atoms with Gasteiger partial charge in [-0.15, -0.1) is 0 Å². The minimum atomic E-state index is 0.800. The second-order valence-electron chi connectivity index (χ2n) is 5.25. The first kappa shape index (κ1) is 12.4. The van der Waals surface area contributed by atoms with Gasteiger partial charge in [0, 0.05) is 24.3 Å². The molecule has 2 heterocycles. The van der Waals surface area contributed by atoms with Crippen LogP contribution >= 0.6 is 0 Å². The van der Waals surface area contributed by atoms with Crippen LogP contribution in [0.25, 0.3) is 22.4 Å². The predicted octanol–water partition coefficient (Wildman–Crippen LogP) is 3.07. The van der Waals surface area contributed by atoms with E-state index in [-0.39, 0.29) is 0 Å². The fourth-order valence-electron chi connectivity index (χ4n) is 2.76. The van der Waals surface area contributed by atoms with E-state index < -0.39 is 0 Å². The number of imidazole rings is 1. The molecule has 1 aliphatic rings. The molecular formula is C17H17N3O. The summed E-state index contributed by atoms with van der Waals surface area (Å²) < 4.78 is 5.42. The lowest BCUT2D eigenvalue weighted by Gasteiger charge is -2.29. The second kappa shape index (κ2) is 5.22. The zero-order valence-electron chi connectivity index (χ0n) is 11.7. The van der Waals surface area contributed by atoms with Crippen LogP contribution in [0.2, 0.25) is 0 Å². The third kappa shape index (κ3) is 2.38. The van der Waals surface area contributed by atoms with Gasteiger partial charge in [0.25, 0.3) is 0 Å². The standard InChI is InChI=1S/C17H17N3O/c1-2-7-16-15(6-1)18-17(19-16)13-4-3-5-14(12-13)20-8-10-21-11-9-20/h1-7,12H,8-11H2,(H,18,19). The Labute approximate surface area is 123 Å². The second-order valence-corrected chi connectivity index (χ2v) is 5.25. The van der Waals surface area contributed by atoms with Crippen LogP contribution in [0.4, 0.5) is 5.69 Å². The molecule has 0 aliphatic carbocycles. The molecular weight excluding hydrogens is 262 g/mol. The summed E-state index contributed by atoms with van der Waals surface area (Å²) in [5.41, 5.74) is 4.43. The van der Waals surface area contributed by atoms with Crippen molar-refractivity contribution in [3.8, 4) is 11.4 Å². The van der Waals surface area contributed by atoms with Gasteiger partial charge in [-0.2, -0.15) is 0 Å². The Balaban J connectivity index is 1.71. The van der Waals surface area contributed by atoms with Crippen molar-refractivity contribution in [1.82, 2.24) is 9.97 Å². The summed E-state index contributed by atoms with van der Waals surface area (Å²) in [6.07, 6.45) is 0. The van der Waals surface area contributed by atoms with Crippen LogP contribution in [-0.2, 0) is 4.74 Å². The van der Waals surface area contributed by atoms with Crippen LogP contribution in [-0.4, -0.2) is 36.3 Å². The van der Waals surface area contributed by atoms with E-state index in [9.17, 15) is 0 Å². The van der Waals surface area contributed by atoms with Crippen LogP contribution in [0.15, 0.2) is 48.5 Å². The molecule has 4 rings (SSSR count). The number of para-hydroxylation sites is 2. The Morgan fingerprint density at radius 2 is 1.86 bits per heavy atom. The number of hydrogen-bond acceptors (Lipinski definition) is 3. The van der Waals surface area contributed by atoms with E-state index in [0.717, 1.165) is 48.7 Å². The van der Waals surface area contributed by atoms with E-state index in [1.165, 1.54) is 5.69 Å². The molecule has 0 radical (unpaired) electrons. The topological polar surface area (TPSA) is 41.2 Å². The maximum atomic E-state index is 5.42. The first-order valence-corrected chi connectivity index (χ1v) is 7.28. The van der Waals surface area contributed by atoms with Gasteiger partial charge in [-0.25, -0.2) is 4.98 Å². The number of hydrogen-bond donors (Lipinski definition) is 1. The monoisotopic (exact) mass is 279 g/mol. The van der Waals surface area contributed by atoms with Crippen molar-refractivity contribution >= 4 is 16.7 Å². The van der Waals surface area contributed by atoms with Crippen LogP contribution < -0.4 is 4.90 Å². The summed E-state index contributed by atoms with van der Waals surface area (Å²) in [7, 11) is 0. The maximum Gasteiger partial charge on any atom is 0.138 e. The average Bonchev–Trinajstić information content (AvgIpc) is 3.00. The van der Waals surface area contributed by atoms with E-state index in [1.807, 2.05) is 18.2 Å². The maximum absolute atomic E-state index is 5.42. The highest BCUT2D eigenvalue weighted by Crippen LogP contribution is 2.25. The number of anilines is 1. The van der Waals surface area contributed by atoms with Crippen molar-refractivity contribution in [3.05, 3.63) is 48.5 Å². The molecule has 4 heteroatoms. The summed E-state index contributed by atoms with van der Waals surface area (Å²) in [5, 5.41) is 0. The first-order chi connectivity index (χ1) is 10.4. The molecule has 2 aromatic carbocycles. The highest BCUT2D eigenvalue weighted by molar-refractivity contribution is 5.79. The number of benzene rings is 2. The minimum Gasteiger partial charge on any atom is -0.378 e. The lowest BCUT2D eigenvalue weighted by molar-refractivity contribution is 0.122. The fraction of sp³-hybridized carbons (Fsp3) is 0.235. The number of morpholine rings is 1. The van der Waals surface area contributed by atoms with E-state index in [4.69, 9.17) is 4.74 Å². The number of fused-ring (bicyclic) bond motifs is 1. The number of ether oxygens (including phenoxy) is 1. The van der Waals surface area contributed by atoms with Crippen molar-refractivity contribution in [2.24, 2.45) is 0 Å². The molecule has 1 N–H and O–H groups in total. The number of H-pyrrole nitrogens is 1. The summed E-state index contributed by atoms with van der Waals surface area (Å²) in [6.45, 7) is 3.50. The largest absolute Gasteiger partial charge is 0.378 e. The molecule has 0 atom stereocenters. The Hall–Kier alpha value is -2.33. The highest BCUT2D eigenvalue weighted by atomic mass is 16.5. The van der Waals surface area contributed by atoms with Crippen molar-refractivity contribution in [2.75, 3.05) is 31.2 Å². The SMILES string of the molecule is c1cc(-c2nc3ccccc3[nH]2)cc(N2CCOCC2)c1. The summed E-state index contributed by atoms with van der Waals surface area (Å²) in [6, 6.07) is 16.7. The third-order valence-corrected chi connectivity index (χ3v) is 3.89. The normalized spacial score (nSPS) is 15.5. The van der Waals surface area contributed by atoms with Gasteiger partial charge in [-0.1, -0.05) is 24.3 Å². The first-order valence-electron chi connectivity index (χ1n) is 7.28. The molecule has 0 spiro atoms. The van der Waals surface area contributed by atoms with Crippen LogP contribution in [0.5, 0.6) is 0 Å². The number of nitrogens with one attached hydrogen (secondary N) is 1. The molecule has 0 amide bonds. The molecule has 0 unspecified atom stereocenters.